The summed E-state index contributed by atoms with van der Waals surface area (Å²) in [7, 11) is 1.69. The monoisotopic (exact) mass is 398 g/mol. The summed E-state index contributed by atoms with van der Waals surface area (Å²) in [4.78, 5) is 9.06. The van der Waals surface area contributed by atoms with E-state index in [9.17, 15) is 0 Å². The molecule has 4 nitrogen and oxygen atoms in total. The molecule has 1 aliphatic heterocycles. The Morgan fingerprint density at radius 3 is 2.83 bits per heavy atom. The van der Waals surface area contributed by atoms with Crippen LogP contribution in [0.2, 0.25) is 0 Å². The lowest BCUT2D eigenvalue weighted by Gasteiger charge is -2.25. The number of allylic oxidation sites excluding steroid dienone is 2. The van der Waals surface area contributed by atoms with Crippen LogP contribution in [-0.2, 0) is 11.2 Å². The Balaban J connectivity index is 1.58. The number of nitrogens with zero attached hydrogens (tertiary/aromatic N) is 2. The molecule has 0 aliphatic carbocycles. The molecule has 3 aromatic rings. The topological polar surface area (TPSA) is 43.7 Å². The van der Waals surface area contributed by atoms with Crippen LogP contribution in [-0.4, -0.2) is 31.5 Å². The molecule has 30 heavy (non-hydrogen) atoms. The third kappa shape index (κ3) is 4.34. The summed E-state index contributed by atoms with van der Waals surface area (Å²) < 4.78 is 10.6. The minimum Gasteiger partial charge on any atom is -0.497 e. The van der Waals surface area contributed by atoms with Gasteiger partial charge in [-0.15, -0.1) is 0 Å². The van der Waals surface area contributed by atoms with Gasteiger partial charge in [0.05, 0.1) is 25.8 Å². The lowest BCUT2D eigenvalue weighted by molar-refractivity contribution is -0.0135. The second-order valence-corrected chi connectivity index (χ2v) is 7.46. The van der Waals surface area contributed by atoms with Crippen molar-refractivity contribution in [3.63, 3.8) is 0 Å². The predicted octanol–water partition coefficient (Wildman–Crippen LogP) is 5.47. The molecule has 1 fully saturated rings. The second kappa shape index (κ2) is 9.06. The number of aromatic nitrogens is 1. The first-order valence-electron chi connectivity index (χ1n) is 10.2. The minimum absolute atomic E-state index is 0.350. The Kier molecular flexibility index (Phi) is 6.05. The Labute approximate surface area is 177 Å². The molecule has 0 saturated carbocycles. The van der Waals surface area contributed by atoms with E-state index in [-0.39, 0.29) is 0 Å². The van der Waals surface area contributed by atoms with Gasteiger partial charge < -0.3 is 9.47 Å². The van der Waals surface area contributed by atoms with Crippen molar-refractivity contribution in [1.29, 1.82) is 0 Å². The molecule has 0 radical (unpaired) electrons. The summed E-state index contributed by atoms with van der Waals surface area (Å²) in [6.07, 6.45) is 6.68. The van der Waals surface area contributed by atoms with E-state index in [4.69, 9.17) is 9.47 Å². The van der Waals surface area contributed by atoms with Crippen molar-refractivity contribution >= 4 is 22.7 Å². The van der Waals surface area contributed by atoms with Gasteiger partial charge in [0.25, 0.3) is 0 Å². The summed E-state index contributed by atoms with van der Waals surface area (Å²) in [5.74, 6) is 1.19. The van der Waals surface area contributed by atoms with E-state index in [0.717, 1.165) is 53.1 Å². The molecule has 152 valence electrons. The third-order valence-corrected chi connectivity index (χ3v) is 5.48. The zero-order chi connectivity index (χ0) is 20.9. The summed E-state index contributed by atoms with van der Waals surface area (Å²) in [5.41, 5.74) is 6.55. The van der Waals surface area contributed by atoms with Crippen LogP contribution in [0.1, 0.15) is 23.6 Å². The lowest BCUT2D eigenvalue weighted by atomic mass is 9.97. The number of fused-ring (bicyclic) bond motifs is 1. The largest absolute Gasteiger partial charge is 0.497 e. The van der Waals surface area contributed by atoms with E-state index in [0.29, 0.717) is 5.92 Å². The van der Waals surface area contributed by atoms with Crippen LogP contribution in [0.4, 0.5) is 0 Å². The smallest absolute Gasteiger partial charge is 0.119 e. The van der Waals surface area contributed by atoms with E-state index in [1.807, 2.05) is 31.5 Å². The van der Waals surface area contributed by atoms with E-state index < -0.39 is 0 Å². The number of hydrogen-bond donors (Lipinski definition) is 0. The van der Waals surface area contributed by atoms with Crippen molar-refractivity contribution < 1.29 is 9.47 Å². The first-order chi connectivity index (χ1) is 14.7. The van der Waals surface area contributed by atoms with E-state index in [2.05, 4.69) is 59.0 Å². The van der Waals surface area contributed by atoms with Crippen molar-refractivity contribution in [2.75, 3.05) is 20.3 Å². The van der Waals surface area contributed by atoms with Gasteiger partial charge in [0, 0.05) is 29.4 Å². The van der Waals surface area contributed by atoms with Crippen LogP contribution in [0.25, 0.3) is 16.5 Å². The molecule has 0 N–H and O–H groups in total. The zero-order valence-electron chi connectivity index (χ0n) is 17.5. The Hall–Kier alpha value is -3.24. The SMILES string of the molecule is C=C(N=C/C(=C\C)c1cccc(Cc2ccnc3ccc(OC)cc23)c1)C1COC1. The second-order valence-electron chi connectivity index (χ2n) is 7.46. The summed E-state index contributed by atoms with van der Waals surface area (Å²) in [6.45, 7) is 7.55. The highest BCUT2D eigenvalue weighted by atomic mass is 16.5. The normalized spacial score (nSPS) is 14.8. The van der Waals surface area contributed by atoms with Gasteiger partial charge in [-0.25, -0.2) is 0 Å². The average Bonchev–Trinajstić information content (AvgIpc) is 2.73. The molecule has 0 bridgehead atoms. The number of ether oxygens (including phenoxy) is 2. The van der Waals surface area contributed by atoms with Gasteiger partial charge in [-0.3, -0.25) is 9.98 Å². The van der Waals surface area contributed by atoms with Gasteiger partial charge in [0.2, 0.25) is 0 Å². The molecule has 1 aromatic heterocycles. The van der Waals surface area contributed by atoms with Gasteiger partial charge in [0.15, 0.2) is 0 Å². The molecular weight excluding hydrogens is 372 g/mol. The third-order valence-electron chi connectivity index (χ3n) is 5.48. The first-order valence-corrected chi connectivity index (χ1v) is 10.2. The quantitative estimate of drug-likeness (QED) is 0.496. The standard InChI is InChI=1S/C26H26N2O2/c1-4-20(15-28-18(2)23-16-30-17-23)21-7-5-6-19(12-21)13-22-10-11-27-26-9-8-24(29-3)14-25(22)26/h4-12,14-15,23H,2,13,16-17H2,1,3H3/b20-4+,28-15?. The van der Waals surface area contributed by atoms with Crippen LogP contribution in [0.15, 0.2) is 78.1 Å². The fourth-order valence-corrected chi connectivity index (χ4v) is 3.55. The molecule has 4 rings (SSSR count). The maximum Gasteiger partial charge on any atom is 0.119 e. The van der Waals surface area contributed by atoms with Crippen LogP contribution < -0.4 is 4.74 Å². The maximum absolute atomic E-state index is 5.40. The predicted molar refractivity (Wildman–Crippen MR) is 123 cm³/mol. The molecule has 0 spiro atoms. The summed E-state index contributed by atoms with van der Waals surface area (Å²) in [6, 6.07) is 16.7. The van der Waals surface area contributed by atoms with Crippen LogP contribution in [0.5, 0.6) is 5.75 Å². The van der Waals surface area contributed by atoms with Gasteiger partial charge in [0.1, 0.15) is 5.75 Å². The number of rotatable bonds is 7. The van der Waals surface area contributed by atoms with Gasteiger partial charge >= 0.3 is 0 Å². The lowest BCUT2D eigenvalue weighted by Crippen LogP contribution is -2.28. The van der Waals surface area contributed by atoms with E-state index in [1.165, 1.54) is 11.1 Å². The van der Waals surface area contributed by atoms with Crippen molar-refractivity contribution in [2.45, 2.75) is 13.3 Å². The molecule has 0 amide bonds. The van der Waals surface area contributed by atoms with Crippen molar-refractivity contribution in [3.8, 4) is 5.75 Å². The molecule has 1 saturated heterocycles. The number of pyridine rings is 1. The maximum atomic E-state index is 5.40. The average molecular weight is 399 g/mol. The van der Waals surface area contributed by atoms with Crippen molar-refractivity contribution in [3.05, 3.63) is 89.8 Å². The Bertz CT molecular complexity index is 1130. The van der Waals surface area contributed by atoms with Crippen LogP contribution in [0.3, 0.4) is 0 Å². The molecule has 2 heterocycles. The van der Waals surface area contributed by atoms with Crippen LogP contribution >= 0.6 is 0 Å². The molecule has 2 aromatic carbocycles. The zero-order valence-corrected chi connectivity index (χ0v) is 17.5. The molecule has 1 aliphatic rings. The van der Waals surface area contributed by atoms with Crippen molar-refractivity contribution in [2.24, 2.45) is 10.9 Å². The van der Waals surface area contributed by atoms with E-state index >= 15 is 0 Å². The molecule has 0 unspecified atom stereocenters. The fourth-order valence-electron chi connectivity index (χ4n) is 3.55. The number of aliphatic imine (C=N–C) groups is 1. The minimum atomic E-state index is 0.350. The van der Waals surface area contributed by atoms with Gasteiger partial charge in [-0.2, -0.15) is 0 Å². The fraction of sp³-hybridized carbons (Fsp3) is 0.231. The molecular formula is C26H26N2O2. The number of hydrogen-bond acceptors (Lipinski definition) is 4. The van der Waals surface area contributed by atoms with Crippen molar-refractivity contribution in [1.82, 2.24) is 4.98 Å². The summed E-state index contributed by atoms with van der Waals surface area (Å²) >= 11 is 0. The van der Waals surface area contributed by atoms with Crippen LogP contribution in [0, 0.1) is 5.92 Å². The first kappa shape index (κ1) is 20.0. The highest BCUT2D eigenvalue weighted by Gasteiger charge is 2.20. The number of benzene rings is 2. The highest BCUT2D eigenvalue weighted by molar-refractivity contribution is 6.10. The Morgan fingerprint density at radius 2 is 2.10 bits per heavy atom. The Morgan fingerprint density at radius 1 is 1.23 bits per heavy atom. The van der Waals surface area contributed by atoms with Gasteiger partial charge in [-0.1, -0.05) is 36.9 Å². The van der Waals surface area contributed by atoms with E-state index in [1.54, 1.807) is 7.11 Å². The molecule has 4 heteroatoms. The number of methoxy groups -OCH3 is 1. The highest BCUT2D eigenvalue weighted by Crippen LogP contribution is 2.26. The molecule has 0 atom stereocenters. The van der Waals surface area contributed by atoms with Gasteiger partial charge in [-0.05, 0) is 59.9 Å². The summed E-state index contributed by atoms with van der Waals surface area (Å²) in [5, 5.41) is 1.12.